The van der Waals surface area contributed by atoms with Gasteiger partial charge in [0.05, 0.1) is 16.7 Å². The van der Waals surface area contributed by atoms with E-state index in [0.717, 1.165) is 59.0 Å². The van der Waals surface area contributed by atoms with Crippen LogP contribution in [0.1, 0.15) is 26.3 Å². The van der Waals surface area contributed by atoms with Crippen LogP contribution in [-0.2, 0) is 26.5 Å². The third-order valence-electron chi connectivity index (χ3n) is 8.34. The average Bonchev–Trinajstić information content (AvgIpc) is 3.61. The summed E-state index contributed by atoms with van der Waals surface area (Å²) in [6.45, 7) is 6.65. The number of benzene rings is 5. The molecule has 0 fully saturated rings. The van der Waals surface area contributed by atoms with Gasteiger partial charge in [0, 0.05) is 53.2 Å². The summed E-state index contributed by atoms with van der Waals surface area (Å²) in [6, 6.07) is 43.9. The Kier molecular flexibility index (Phi) is 8.65. The van der Waals surface area contributed by atoms with Crippen LogP contribution in [0.3, 0.4) is 0 Å². The van der Waals surface area contributed by atoms with Crippen molar-refractivity contribution in [1.82, 2.24) is 14.1 Å². The summed E-state index contributed by atoms with van der Waals surface area (Å²) in [6.07, 6.45) is 5.43. The summed E-state index contributed by atoms with van der Waals surface area (Å²) in [5.74, 6) is 2.02. The van der Waals surface area contributed by atoms with Crippen molar-refractivity contribution >= 4 is 64.7 Å². The van der Waals surface area contributed by atoms with Crippen LogP contribution in [0, 0.1) is 18.5 Å². The fourth-order valence-corrected chi connectivity index (χ4v) is 7.38. The Morgan fingerprint density at radius 1 is 0.729 bits per heavy atom. The number of halogens is 2. The Morgan fingerprint density at radius 2 is 1.44 bits per heavy atom. The van der Waals surface area contributed by atoms with Crippen LogP contribution in [0.15, 0.2) is 124 Å². The summed E-state index contributed by atoms with van der Waals surface area (Å²) in [5, 5.41) is 2.23. The van der Waals surface area contributed by atoms with Crippen LogP contribution in [0.4, 0.5) is 0 Å². The number of ether oxygens (including phenoxy) is 1. The number of para-hydroxylation sites is 4. The van der Waals surface area contributed by atoms with Gasteiger partial charge < -0.3 is 13.9 Å². The maximum atomic E-state index is 6.46. The summed E-state index contributed by atoms with van der Waals surface area (Å²) in [4.78, 5) is 4.80. The fraction of sp³-hybridized carbons (Fsp3) is 0.100. The molecule has 0 aliphatic rings. The minimum absolute atomic E-state index is 0. The van der Waals surface area contributed by atoms with Crippen molar-refractivity contribution in [2.24, 2.45) is 0 Å². The van der Waals surface area contributed by atoms with E-state index in [0.29, 0.717) is 11.5 Å². The zero-order valence-electron chi connectivity index (χ0n) is 26.2. The van der Waals surface area contributed by atoms with E-state index in [9.17, 15) is 0 Å². The van der Waals surface area contributed by atoms with Gasteiger partial charge in [-0.05, 0) is 40.3 Å². The van der Waals surface area contributed by atoms with Crippen molar-refractivity contribution in [3.8, 4) is 28.7 Å². The zero-order valence-corrected chi connectivity index (χ0v) is 31.7. The van der Waals surface area contributed by atoms with Gasteiger partial charge in [0.1, 0.15) is 5.82 Å². The SMILES string of the molecule is CC(C)(C)c1ccnc(-n2c3[c-]c(Oc4[c-]c(-[n+]5[c-]n(-c6c(Br)cccc6Br)c6ccccc65)ccc4)ccc3c3ccccc32)c1.[Pt]. The smallest absolute Gasteiger partial charge is 0.268 e. The molecular formula is C40H28Br2N4OPt-2. The first-order chi connectivity index (χ1) is 22.8. The molecule has 0 amide bonds. The van der Waals surface area contributed by atoms with E-state index in [1.807, 2.05) is 69.9 Å². The predicted octanol–water partition coefficient (Wildman–Crippen LogP) is 10.4. The molecule has 5 nitrogen and oxygen atoms in total. The maximum Gasteiger partial charge on any atom is 0.268 e. The van der Waals surface area contributed by atoms with E-state index in [1.165, 1.54) is 5.56 Å². The Morgan fingerprint density at radius 3 is 2.23 bits per heavy atom. The summed E-state index contributed by atoms with van der Waals surface area (Å²) < 4.78 is 14.6. The van der Waals surface area contributed by atoms with E-state index < -0.39 is 0 Å². The van der Waals surface area contributed by atoms with E-state index in [-0.39, 0.29) is 26.5 Å². The van der Waals surface area contributed by atoms with Crippen LogP contribution < -0.4 is 9.30 Å². The molecule has 8 rings (SSSR count). The topological polar surface area (TPSA) is 35.9 Å². The second kappa shape index (κ2) is 12.8. The third kappa shape index (κ3) is 5.72. The molecule has 0 saturated carbocycles. The molecule has 0 radical (unpaired) electrons. The second-order valence-electron chi connectivity index (χ2n) is 12.4. The minimum Gasteiger partial charge on any atom is -0.510 e. The van der Waals surface area contributed by atoms with Gasteiger partial charge in [-0.3, -0.25) is 4.57 Å². The minimum atomic E-state index is -0.00881. The second-order valence-corrected chi connectivity index (χ2v) is 14.1. The third-order valence-corrected chi connectivity index (χ3v) is 9.62. The first kappa shape index (κ1) is 32.5. The fourth-order valence-electron chi connectivity index (χ4n) is 6.03. The van der Waals surface area contributed by atoms with Crippen molar-refractivity contribution in [1.29, 1.82) is 0 Å². The summed E-state index contributed by atoms with van der Waals surface area (Å²) in [7, 11) is 0. The molecule has 0 aliphatic carbocycles. The normalized spacial score (nSPS) is 11.7. The van der Waals surface area contributed by atoms with E-state index in [1.54, 1.807) is 0 Å². The van der Waals surface area contributed by atoms with Crippen molar-refractivity contribution in [3.05, 3.63) is 148 Å². The molecule has 8 aromatic rings. The molecule has 3 aromatic heterocycles. The average molecular weight is 936 g/mol. The molecule has 0 unspecified atom stereocenters. The van der Waals surface area contributed by atoms with Crippen molar-refractivity contribution in [3.63, 3.8) is 0 Å². The quantitative estimate of drug-likeness (QED) is 0.127. The number of hydrogen-bond acceptors (Lipinski definition) is 2. The molecule has 0 saturated heterocycles. The molecule has 48 heavy (non-hydrogen) atoms. The van der Waals surface area contributed by atoms with Crippen molar-refractivity contribution < 1.29 is 30.4 Å². The van der Waals surface area contributed by atoms with Gasteiger partial charge in [-0.25, -0.2) is 4.98 Å². The van der Waals surface area contributed by atoms with Crippen LogP contribution in [0.25, 0.3) is 50.0 Å². The van der Waals surface area contributed by atoms with Gasteiger partial charge in [0.15, 0.2) is 0 Å². The zero-order chi connectivity index (χ0) is 32.3. The Labute approximate surface area is 310 Å². The molecule has 8 heteroatoms. The first-order valence-corrected chi connectivity index (χ1v) is 16.9. The first-order valence-electron chi connectivity index (χ1n) is 15.3. The van der Waals surface area contributed by atoms with Gasteiger partial charge in [0.2, 0.25) is 0 Å². The van der Waals surface area contributed by atoms with Gasteiger partial charge in [-0.1, -0.05) is 119 Å². The van der Waals surface area contributed by atoms with Gasteiger partial charge >= 0.3 is 0 Å². The molecule has 0 aliphatic heterocycles. The standard InChI is InChI=1S/C40H28Br2N4O.Pt/c1-40(2,3)26-20-21-43-38(22-26)46-34-15-5-4-12-30(34)31-19-18-29(24-37(31)46)47-28-11-8-10-27(23-28)44-25-45(36-17-7-6-16-35(36)44)39-32(41)13-9-14-33(39)42;/h4-22H,1-3H3;/q-2;. The number of fused-ring (bicyclic) bond motifs is 4. The van der Waals surface area contributed by atoms with Crippen LogP contribution in [-0.4, -0.2) is 14.1 Å². The maximum absolute atomic E-state index is 6.46. The number of pyridine rings is 1. The van der Waals surface area contributed by atoms with Gasteiger partial charge in [-0.2, -0.15) is 18.2 Å². The van der Waals surface area contributed by atoms with Crippen molar-refractivity contribution in [2.45, 2.75) is 26.2 Å². The molecule has 0 N–H and O–H groups in total. The molecule has 0 atom stereocenters. The van der Waals surface area contributed by atoms with E-state index >= 15 is 0 Å². The molecule has 0 bridgehead atoms. The number of aromatic nitrogens is 4. The largest absolute Gasteiger partial charge is 0.510 e. The molecule has 240 valence electrons. The Bertz CT molecular complexity index is 2460. The number of imidazole rings is 1. The van der Waals surface area contributed by atoms with Crippen LogP contribution >= 0.6 is 31.9 Å². The van der Waals surface area contributed by atoms with Gasteiger partial charge in [-0.15, -0.1) is 29.7 Å². The predicted molar refractivity (Wildman–Crippen MR) is 194 cm³/mol. The summed E-state index contributed by atoms with van der Waals surface area (Å²) >= 11 is 7.45. The van der Waals surface area contributed by atoms with E-state index in [4.69, 9.17) is 9.72 Å². The number of nitrogens with zero attached hydrogens (tertiary/aromatic N) is 4. The molecule has 5 aromatic carbocycles. The molecule has 3 heterocycles. The summed E-state index contributed by atoms with van der Waals surface area (Å²) in [5.41, 5.74) is 6.96. The monoisotopic (exact) mass is 933 g/mol. The Hall–Kier alpha value is -4.03. The number of rotatable bonds is 5. The van der Waals surface area contributed by atoms with E-state index in [2.05, 4.69) is 130 Å². The van der Waals surface area contributed by atoms with Gasteiger partial charge in [0.25, 0.3) is 6.33 Å². The Balaban J connectivity index is 0.00000364. The van der Waals surface area contributed by atoms with Crippen molar-refractivity contribution in [2.75, 3.05) is 0 Å². The van der Waals surface area contributed by atoms with Crippen LogP contribution in [0.2, 0.25) is 0 Å². The van der Waals surface area contributed by atoms with Crippen LogP contribution in [0.5, 0.6) is 11.5 Å². The molecular weight excluding hydrogens is 907 g/mol. The molecule has 0 spiro atoms. The number of hydrogen-bond donors (Lipinski definition) is 0.